The van der Waals surface area contributed by atoms with Crippen LogP contribution in [0.25, 0.3) is 11.3 Å². The monoisotopic (exact) mass is 344 g/mol. The van der Waals surface area contributed by atoms with Gasteiger partial charge in [0.25, 0.3) is 0 Å². The van der Waals surface area contributed by atoms with Gasteiger partial charge in [-0.25, -0.2) is 0 Å². The van der Waals surface area contributed by atoms with E-state index < -0.39 is 0 Å². The van der Waals surface area contributed by atoms with Crippen molar-refractivity contribution in [3.63, 3.8) is 0 Å². The highest BCUT2D eigenvalue weighted by Gasteiger charge is 2.12. The van der Waals surface area contributed by atoms with Crippen LogP contribution >= 0.6 is 15.9 Å². The molecule has 0 fully saturated rings. The highest BCUT2D eigenvalue weighted by atomic mass is 79.9. The van der Waals surface area contributed by atoms with Crippen LogP contribution in [0.4, 0.5) is 0 Å². The van der Waals surface area contributed by atoms with Gasteiger partial charge in [-0.3, -0.25) is 14.2 Å². The predicted octanol–water partition coefficient (Wildman–Crippen LogP) is 2.91. The van der Waals surface area contributed by atoms with Gasteiger partial charge in [-0.2, -0.15) is 10.2 Å². The molecule has 2 heterocycles. The van der Waals surface area contributed by atoms with Crippen molar-refractivity contribution in [3.05, 3.63) is 58.5 Å². The maximum absolute atomic E-state index is 11.2. The third-order valence-electron chi connectivity index (χ3n) is 3.15. The Balaban J connectivity index is 1.92. The van der Waals surface area contributed by atoms with Crippen molar-refractivity contribution < 1.29 is 4.79 Å². The Hall–Kier alpha value is -2.21. The Kier molecular flexibility index (Phi) is 3.70. The van der Waals surface area contributed by atoms with E-state index in [-0.39, 0.29) is 0 Å². The van der Waals surface area contributed by atoms with Gasteiger partial charge in [0.1, 0.15) is 5.69 Å². The molecule has 3 aromatic rings. The topological polar surface area (TPSA) is 52.7 Å². The number of aromatic nitrogens is 4. The number of benzene rings is 1. The first-order valence-electron chi connectivity index (χ1n) is 6.42. The van der Waals surface area contributed by atoms with Gasteiger partial charge in [-0.1, -0.05) is 28.1 Å². The summed E-state index contributed by atoms with van der Waals surface area (Å²) in [6.07, 6.45) is 6.14. The van der Waals surface area contributed by atoms with Crippen molar-refractivity contribution in [1.29, 1.82) is 0 Å². The molecule has 0 amide bonds. The number of hydrogen-bond donors (Lipinski definition) is 0. The number of hydrogen-bond acceptors (Lipinski definition) is 3. The zero-order valence-corrected chi connectivity index (χ0v) is 13.0. The molecule has 0 saturated heterocycles. The maximum Gasteiger partial charge on any atom is 0.153 e. The van der Waals surface area contributed by atoms with E-state index in [1.165, 1.54) is 0 Å². The molecule has 21 heavy (non-hydrogen) atoms. The third kappa shape index (κ3) is 2.95. The van der Waals surface area contributed by atoms with Crippen LogP contribution in [-0.4, -0.2) is 25.8 Å². The lowest BCUT2D eigenvalue weighted by atomic mass is 10.2. The lowest BCUT2D eigenvalue weighted by Crippen LogP contribution is -2.00. The zero-order chi connectivity index (χ0) is 14.8. The largest absolute Gasteiger partial charge is 0.298 e. The highest BCUT2D eigenvalue weighted by Crippen LogP contribution is 2.20. The van der Waals surface area contributed by atoms with Gasteiger partial charge < -0.3 is 0 Å². The molecule has 0 N–H and O–H groups in total. The number of rotatable bonds is 4. The molecule has 0 aliphatic heterocycles. The van der Waals surface area contributed by atoms with E-state index in [4.69, 9.17) is 0 Å². The molecule has 0 saturated carbocycles. The molecule has 0 atom stereocenters. The molecule has 1 aromatic carbocycles. The third-order valence-corrected chi connectivity index (χ3v) is 3.68. The number of nitrogens with zero attached hydrogens (tertiary/aromatic N) is 4. The highest BCUT2D eigenvalue weighted by molar-refractivity contribution is 9.10. The van der Waals surface area contributed by atoms with Gasteiger partial charge in [0.2, 0.25) is 0 Å². The van der Waals surface area contributed by atoms with Crippen LogP contribution in [0.1, 0.15) is 15.9 Å². The zero-order valence-electron chi connectivity index (χ0n) is 11.4. The van der Waals surface area contributed by atoms with Crippen molar-refractivity contribution >= 4 is 22.2 Å². The Labute approximate surface area is 130 Å². The quantitative estimate of drug-likeness (QED) is 0.684. The van der Waals surface area contributed by atoms with Gasteiger partial charge in [-0.15, -0.1) is 0 Å². The maximum atomic E-state index is 11.2. The summed E-state index contributed by atoms with van der Waals surface area (Å²) < 4.78 is 4.50. The smallest absolute Gasteiger partial charge is 0.153 e. The first kappa shape index (κ1) is 13.8. The number of aldehydes is 1. The van der Waals surface area contributed by atoms with Crippen LogP contribution in [0.2, 0.25) is 0 Å². The van der Waals surface area contributed by atoms with E-state index >= 15 is 0 Å². The Bertz CT molecular complexity index is 773. The second-order valence-electron chi connectivity index (χ2n) is 4.78. The van der Waals surface area contributed by atoms with Crippen LogP contribution in [-0.2, 0) is 13.6 Å². The fourth-order valence-corrected chi connectivity index (χ4v) is 2.41. The van der Waals surface area contributed by atoms with Crippen LogP contribution < -0.4 is 0 Å². The average Bonchev–Trinajstić information content (AvgIpc) is 3.07. The van der Waals surface area contributed by atoms with E-state index in [0.29, 0.717) is 17.8 Å². The van der Waals surface area contributed by atoms with E-state index in [1.54, 1.807) is 21.8 Å². The first-order chi connectivity index (χ1) is 10.2. The molecule has 0 unspecified atom stereocenters. The van der Waals surface area contributed by atoms with Crippen LogP contribution in [0, 0.1) is 0 Å². The van der Waals surface area contributed by atoms with Crippen molar-refractivity contribution in [2.24, 2.45) is 7.05 Å². The van der Waals surface area contributed by atoms with Gasteiger partial charge in [0.05, 0.1) is 18.3 Å². The average molecular weight is 345 g/mol. The van der Waals surface area contributed by atoms with Crippen molar-refractivity contribution in [2.45, 2.75) is 6.54 Å². The molecule has 0 radical (unpaired) electrons. The van der Waals surface area contributed by atoms with Gasteiger partial charge in [-0.05, 0) is 17.7 Å². The molecule has 0 aliphatic carbocycles. The number of carbonyl (C=O) groups excluding carboxylic acids is 1. The summed E-state index contributed by atoms with van der Waals surface area (Å²) in [6.45, 7) is 0.619. The van der Waals surface area contributed by atoms with Crippen LogP contribution in [0.15, 0.2) is 47.3 Å². The summed E-state index contributed by atoms with van der Waals surface area (Å²) >= 11 is 3.41. The number of halogens is 1. The van der Waals surface area contributed by atoms with E-state index in [1.807, 2.05) is 37.5 Å². The Morgan fingerprint density at radius 1 is 1.24 bits per heavy atom. The second kappa shape index (κ2) is 5.65. The molecule has 5 nitrogen and oxygen atoms in total. The normalized spacial score (nSPS) is 10.8. The molecule has 0 spiro atoms. The van der Waals surface area contributed by atoms with E-state index in [2.05, 4.69) is 26.1 Å². The van der Waals surface area contributed by atoms with E-state index in [9.17, 15) is 4.79 Å². The summed E-state index contributed by atoms with van der Waals surface area (Å²) in [5, 5.41) is 8.62. The van der Waals surface area contributed by atoms with E-state index in [0.717, 1.165) is 21.9 Å². The number of carbonyl (C=O) groups is 1. The minimum atomic E-state index is 0.570. The van der Waals surface area contributed by atoms with Crippen molar-refractivity contribution in [2.75, 3.05) is 0 Å². The number of aryl methyl sites for hydroxylation is 1. The SMILES string of the molecule is Cn1cc(-c2nn(Cc3ccc(Br)cc3)cc2C=O)cn1. The first-order valence-corrected chi connectivity index (χ1v) is 7.21. The summed E-state index contributed by atoms with van der Waals surface area (Å²) in [5.74, 6) is 0. The fourth-order valence-electron chi connectivity index (χ4n) is 2.15. The molecule has 106 valence electrons. The van der Waals surface area contributed by atoms with Crippen LogP contribution in [0.3, 0.4) is 0 Å². The minimum absolute atomic E-state index is 0.570. The Morgan fingerprint density at radius 3 is 2.62 bits per heavy atom. The molecular weight excluding hydrogens is 332 g/mol. The lowest BCUT2D eigenvalue weighted by molar-refractivity contribution is 0.112. The minimum Gasteiger partial charge on any atom is -0.298 e. The molecule has 3 rings (SSSR count). The summed E-state index contributed by atoms with van der Waals surface area (Å²) in [6, 6.07) is 8.02. The standard InChI is InChI=1S/C15H13BrN4O/c1-19-8-12(6-17-19)15-13(10-21)9-20(18-15)7-11-2-4-14(16)5-3-11/h2-6,8-10H,7H2,1H3. The lowest BCUT2D eigenvalue weighted by Gasteiger charge is -2.01. The molecular formula is C15H13BrN4O. The molecule has 6 heteroatoms. The van der Waals surface area contributed by atoms with Gasteiger partial charge in [0, 0.05) is 29.5 Å². The second-order valence-corrected chi connectivity index (χ2v) is 5.69. The summed E-state index contributed by atoms with van der Waals surface area (Å²) in [7, 11) is 1.84. The fraction of sp³-hybridized carbons (Fsp3) is 0.133. The van der Waals surface area contributed by atoms with Crippen molar-refractivity contribution in [3.8, 4) is 11.3 Å². The Morgan fingerprint density at radius 2 is 2.00 bits per heavy atom. The molecule has 0 aliphatic rings. The van der Waals surface area contributed by atoms with Gasteiger partial charge in [0.15, 0.2) is 6.29 Å². The van der Waals surface area contributed by atoms with Crippen LogP contribution in [0.5, 0.6) is 0 Å². The van der Waals surface area contributed by atoms with Crippen molar-refractivity contribution in [1.82, 2.24) is 19.6 Å². The summed E-state index contributed by atoms with van der Waals surface area (Å²) in [4.78, 5) is 11.2. The predicted molar refractivity (Wildman–Crippen MR) is 83.1 cm³/mol. The molecule has 2 aromatic heterocycles. The summed E-state index contributed by atoms with van der Waals surface area (Å²) in [5.41, 5.74) is 3.19. The van der Waals surface area contributed by atoms with Gasteiger partial charge >= 0.3 is 0 Å². The molecule has 0 bridgehead atoms.